The van der Waals surface area contributed by atoms with Crippen molar-refractivity contribution in [3.05, 3.63) is 23.3 Å². The van der Waals surface area contributed by atoms with E-state index in [1.54, 1.807) is 7.11 Å². The van der Waals surface area contributed by atoms with Crippen molar-refractivity contribution in [1.82, 2.24) is 4.90 Å². The molecule has 2 aliphatic rings. The first kappa shape index (κ1) is 16.3. The first-order valence-corrected chi connectivity index (χ1v) is 8.64. The molecule has 0 aliphatic carbocycles. The van der Waals surface area contributed by atoms with Crippen LogP contribution in [0.3, 0.4) is 0 Å². The van der Waals surface area contributed by atoms with Gasteiger partial charge < -0.3 is 9.64 Å². The lowest BCUT2D eigenvalue weighted by Crippen LogP contribution is -2.38. The zero-order valence-electron chi connectivity index (χ0n) is 14.8. The minimum atomic E-state index is -0.00731. The number of carbonyl (C=O) groups excluding carboxylic acids is 1. The second-order valence-corrected chi connectivity index (χ2v) is 7.71. The number of rotatable bonds is 3. The van der Waals surface area contributed by atoms with E-state index in [0.29, 0.717) is 6.54 Å². The van der Waals surface area contributed by atoms with E-state index in [1.165, 1.54) is 24.0 Å². The fourth-order valence-electron chi connectivity index (χ4n) is 3.65. The summed E-state index contributed by atoms with van der Waals surface area (Å²) < 4.78 is 5.59. The molecule has 126 valence electrons. The summed E-state index contributed by atoms with van der Waals surface area (Å²) in [6.07, 6.45) is 3.35. The summed E-state index contributed by atoms with van der Waals surface area (Å²) >= 11 is 0. The van der Waals surface area contributed by atoms with Gasteiger partial charge in [0.1, 0.15) is 5.75 Å². The topological polar surface area (TPSA) is 32.8 Å². The molecule has 1 aromatic carbocycles. The second-order valence-electron chi connectivity index (χ2n) is 7.71. The van der Waals surface area contributed by atoms with Gasteiger partial charge in [0.15, 0.2) is 0 Å². The Morgan fingerprint density at radius 3 is 2.48 bits per heavy atom. The summed E-state index contributed by atoms with van der Waals surface area (Å²) in [7, 11) is 1.72. The number of fused-ring (bicyclic) bond motifs is 1. The monoisotopic (exact) mass is 316 g/mol. The van der Waals surface area contributed by atoms with Crippen molar-refractivity contribution in [3.63, 3.8) is 0 Å². The van der Waals surface area contributed by atoms with Gasteiger partial charge in [0.2, 0.25) is 5.91 Å². The van der Waals surface area contributed by atoms with Crippen LogP contribution in [0.1, 0.15) is 44.7 Å². The maximum Gasteiger partial charge on any atom is 0.241 e. The second kappa shape index (κ2) is 6.16. The summed E-state index contributed by atoms with van der Waals surface area (Å²) in [6.45, 7) is 10.0. The first-order chi connectivity index (χ1) is 10.9. The predicted octanol–water partition coefficient (Wildman–Crippen LogP) is 2.98. The van der Waals surface area contributed by atoms with E-state index in [0.717, 1.165) is 37.5 Å². The number of likely N-dealkylation sites (tertiary alicyclic amines) is 1. The Morgan fingerprint density at radius 1 is 1.17 bits per heavy atom. The minimum Gasteiger partial charge on any atom is -0.496 e. The average Bonchev–Trinajstić information content (AvgIpc) is 3.13. The zero-order valence-corrected chi connectivity index (χ0v) is 14.8. The summed E-state index contributed by atoms with van der Waals surface area (Å²) in [6, 6.07) is 4.29. The Hall–Kier alpha value is -1.55. The molecule has 4 nitrogen and oxygen atoms in total. The molecule has 0 spiro atoms. The third-order valence-electron chi connectivity index (χ3n) is 4.96. The molecule has 1 fully saturated rings. The Bertz CT molecular complexity index is 598. The highest BCUT2D eigenvalue weighted by molar-refractivity contribution is 5.97. The molecule has 1 aromatic rings. The van der Waals surface area contributed by atoms with Crippen molar-refractivity contribution in [2.24, 2.45) is 0 Å². The number of amides is 1. The predicted molar refractivity (Wildman–Crippen MR) is 93.4 cm³/mol. The molecule has 4 heteroatoms. The van der Waals surface area contributed by atoms with Crippen LogP contribution in [0, 0.1) is 0 Å². The summed E-state index contributed by atoms with van der Waals surface area (Å²) in [4.78, 5) is 17.0. The fraction of sp³-hybridized carbons (Fsp3) is 0.632. The molecule has 0 saturated carbocycles. The molecule has 1 amide bonds. The van der Waals surface area contributed by atoms with Crippen molar-refractivity contribution >= 4 is 11.6 Å². The van der Waals surface area contributed by atoms with Gasteiger partial charge in [-0.1, -0.05) is 20.8 Å². The Morgan fingerprint density at radius 2 is 1.87 bits per heavy atom. The van der Waals surface area contributed by atoms with Crippen LogP contribution in [0.15, 0.2) is 12.1 Å². The van der Waals surface area contributed by atoms with E-state index in [-0.39, 0.29) is 11.3 Å². The molecule has 2 heterocycles. The van der Waals surface area contributed by atoms with Crippen molar-refractivity contribution in [3.8, 4) is 5.75 Å². The lowest BCUT2D eigenvalue weighted by molar-refractivity contribution is -0.119. The third-order valence-corrected chi connectivity index (χ3v) is 4.96. The highest BCUT2D eigenvalue weighted by Gasteiger charge is 2.30. The van der Waals surface area contributed by atoms with Crippen LogP contribution in [0.4, 0.5) is 5.69 Å². The molecule has 0 atom stereocenters. The van der Waals surface area contributed by atoms with Gasteiger partial charge in [-0.2, -0.15) is 0 Å². The van der Waals surface area contributed by atoms with Crippen LogP contribution in [0.2, 0.25) is 0 Å². The van der Waals surface area contributed by atoms with E-state index in [4.69, 9.17) is 4.74 Å². The summed E-state index contributed by atoms with van der Waals surface area (Å²) in [5, 5.41) is 0. The highest BCUT2D eigenvalue weighted by atomic mass is 16.5. The van der Waals surface area contributed by atoms with E-state index >= 15 is 0 Å². The van der Waals surface area contributed by atoms with Crippen LogP contribution in [0.5, 0.6) is 5.75 Å². The Balaban J connectivity index is 1.87. The van der Waals surface area contributed by atoms with Gasteiger partial charge in [-0.25, -0.2) is 0 Å². The molecule has 3 rings (SSSR count). The molecular formula is C19H28N2O2. The van der Waals surface area contributed by atoms with Gasteiger partial charge >= 0.3 is 0 Å². The molecule has 0 unspecified atom stereocenters. The van der Waals surface area contributed by atoms with E-state index < -0.39 is 0 Å². The highest BCUT2D eigenvalue weighted by Crippen LogP contribution is 2.39. The van der Waals surface area contributed by atoms with Gasteiger partial charge in [0.05, 0.1) is 13.7 Å². The van der Waals surface area contributed by atoms with Crippen LogP contribution in [0.25, 0.3) is 0 Å². The molecule has 2 aliphatic heterocycles. The molecule has 1 saturated heterocycles. The SMILES string of the molecule is COc1cc2c(cc1C(C)(C)C)N(C(=O)CN1CCCC1)CC2. The van der Waals surface area contributed by atoms with E-state index in [2.05, 4.69) is 37.8 Å². The van der Waals surface area contributed by atoms with Gasteiger partial charge in [-0.3, -0.25) is 9.69 Å². The largest absolute Gasteiger partial charge is 0.496 e. The maximum absolute atomic E-state index is 12.7. The molecular weight excluding hydrogens is 288 g/mol. The maximum atomic E-state index is 12.7. The standard InChI is InChI=1S/C19H28N2O2/c1-19(2,3)15-12-16-14(11-17(15)23-4)7-10-21(16)18(22)13-20-8-5-6-9-20/h11-12H,5-10,13H2,1-4H3. The number of hydrogen-bond donors (Lipinski definition) is 0. The molecule has 0 N–H and O–H groups in total. The molecule has 23 heavy (non-hydrogen) atoms. The van der Waals surface area contributed by atoms with Gasteiger partial charge in [0.25, 0.3) is 0 Å². The number of ether oxygens (including phenoxy) is 1. The van der Waals surface area contributed by atoms with Crippen LogP contribution in [-0.2, 0) is 16.6 Å². The number of hydrogen-bond acceptors (Lipinski definition) is 3. The van der Waals surface area contributed by atoms with Crippen LogP contribution >= 0.6 is 0 Å². The van der Waals surface area contributed by atoms with Crippen molar-refractivity contribution in [2.45, 2.75) is 45.4 Å². The number of carbonyl (C=O) groups is 1. The van der Waals surface area contributed by atoms with E-state index in [9.17, 15) is 4.79 Å². The average molecular weight is 316 g/mol. The van der Waals surface area contributed by atoms with Gasteiger partial charge in [0, 0.05) is 17.8 Å². The molecule has 0 aromatic heterocycles. The summed E-state index contributed by atoms with van der Waals surface area (Å²) in [5.74, 6) is 1.17. The van der Waals surface area contributed by atoms with E-state index in [1.807, 2.05) is 4.90 Å². The van der Waals surface area contributed by atoms with Gasteiger partial charge in [-0.05, 0) is 55.5 Å². The Kier molecular flexibility index (Phi) is 4.37. The number of anilines is 1. The third kappa shape index (κ3) is 3.23. The number of benzene rings is 1. The summed E-state index contributed by atoms with van der Waals surface area (Å²) in [5.41, 5.74) is 3.47. The van der Waals surface area contributed by atoms with Crippen molar-refractivity contribution in [1.29, 1.82) is 0 Å². The number of methoxy groups -OCH3 is 1. The zero-order chi connectivity index (χ0) is 16.6. The fourth-order valence-corrected chi connectivity index (χ4v) is 3.65. The van der Waals surface area contributed by atoms with Crippen molar-refractivity contribution in [2.75, 3.05) is 38.2 Å². The quantitative estimate of drug-likeness (QED) is 0.859. The van der Waals surface area contributed by atoms with Gasteiger partial charge in [-0.15, -0.1) is 0 Å². The normalized spacial score (nSPS) is 18.3. The first-order valence-electron chi connectivity index (χ1n) is 8.64. The number of nitrogens with zero attached hydrogens (tertiary/aromatic N) is 2. The van der Waals surface area contributed by atoms with Crippen LogP contribution in [-0.4, -0.2) is 44.1 Å². The Labute approximate surface area is 139 Å². The lowest BCUT2D eigenvalue weighted by atomic mass is 9.85. The molecule has 0 bridgehead atoms. The smallest absolute Gasteiger partial charge is 0.241 e. The van der Waals surface area contributed by atoms with Crippen LogP contribution < -0.4 is 9.64 Å². The van der Waals surface area contributed by atoms with Crippen molar-refractivity contribution < 1.29 is 9.53 Å². The minimum absolute atomic E-state index is 0.00731. The lowest BCUT2D eigenvalue weighted by Gasteiger charge is -2.26. The molecule has 0 radical (unpaired) electrons.